The van der Waals surface area contributed by atoms with Crippen LogP contribution in [0, 0.1) is 25.5 Å². The number of aryl methyl sites for hydroxylation is 1. The van der Waals surface area contributed by atoms with Crippen molar-refractivity contribution in [3.8, 4) is 5.69 Å². The van der Waals surface area contributed by atoms with Crippen LogP contribution in [-0.2, 0) is 0 Å². The molecular formula is C26H22F2N4S. The number of aromatic nitrogens is 2. The Hall–Kier alpha value is -3.58. The van der Waals surface area contributed by atoms with Crippen LogP contribution in [-0.4, -0.2) is 14.7 Å². The first-order chi connectivity index (χ1) is 15.9. The van der Waals surface area contributed by atoms with Gasteiger partial charge >= 0.3 is 0 Å². The van der Waals surface area contributed by atoms with Crippen molar-refractivity contribution in [2.45, 2.75) is 25.9 Å². The zero-order valence-corrected chi connectivity index (χ0v) is 19.0. The summed E-state index contributed by atoms with van der Waals surface area (Å²) in [5.41, 5.74) is 5.38. The predicted molar refractivity (Wildman–Crippen MR) is 130 cm³/mol. The summed E-state index contributed by atoms with van der Waals surface area (Å²) < 4.78 is 29.7. The van der Waals surface area contributed by atoms with Gasteiger partial charge in [-0.05, 0) is 92.3 Å². The van der Waals surface area contributed by atoms with E-state index in [0.717, 1.165) is 34.0 Å². The Morgan fingerprint density at radius 1 is 0.879 bits per heavy atom. The summed E-state index contributed by atoms with van der Waals surface area (Å²) in [6.07, 6.45) is 1.76. The first kappa shape index (κ1) is 21.3. The largest absolute Gasteiger partial charge is 0.351 e. The molecule has 2 aromatic heterocycles. The van der Waals surface area contributed by atoms with E-state index in [-0.39, 0.29) is 23.7 Å². The van der Waals surface area contributed by atoms with E-state index in [4.69, 9.17) is 12.2 Å². The standard InChI is InChI=1S/C26H22F2N4S/c1-16-14-22(17(2)31(16)21-7-5-6-19(28)15-21)25-24(23-8-3-4-13-29-23)30-26(33)32(25)20-11-9-18(27)10-12-20/h3-15,24-25H,1-2H3,(H,30,33)/t24-,25+/m0/s1. The first-order valence-corrected chi connectivity index (χ1v) is 11.1. The molecule has 0 unspecified atom stereocenters. The summed E-state index contributed by atoms with van der Waals surface area (Å²) in [6.45, 7) is 4.02. The normalized spacial score (nSPS) is 17.9. The SMILES string of the molecule is Cc1cc([C@@H]2[C@H](c3ccccn3)NC(=S)N2c2ccc(F)cc2)c(C)n1-c1cccc(F)c1. The second-order valence-corrected chi connectivity index (χ2v) is 8.50. The molecule has 1 fully saturated rings. The molecule has 2 aromatic carbocycles. The monoisotopic (exact) mass is 460 g/mol. The molecule has 166 valence electrons. The van der Waals surface area contributed by atoms with Crippen LogP contribution < -0.4 is 10.2 Å². The number of nitrogens with one attached hydrogen (secondary N) is 1. The van der Waals surface area contributed by atoms with E-state index in [9.17, 15) is 8.78 Å². The number of thiocarbonyl (C=S) groups is 1. The average molecular weight is 461 g/mol. The van der Waals surface area contributed by atoms with Gasteiger partial charge in [0, 0.05) is 29.0 Å². The molecule has 0 radical (unpaired) electrons. The average Bonchev–Trinajstić information content (AvgIpc) is 3.30. The number of benzene rings is 2. The summed E-state index contributed by atoms with van der Waals surface area (Å²) in [5, 5.41) is 3.96. The van der Waals surface area contributed by atoms with Crippen LogP contribution in [0.15, 0.2) is 79.0 Å². The highest BCUT2D eigenvalue weighted by molar-refractivity contribution is 7.80. The van der Waals surface area contributed by atoms with Crippen LogP contribution >= 0.6 is 12.2 Å². The maximum Gasteiger partial charge on any atom is 0.174 e. The molecule has 0 aliphatic carbocycles. The Kier molecular flexibility index (Phi) is 5.42. The van der Waals surface area contributed by atoms with E-state index in [2.05, 4.69) is 16.4 Å². The van der Waals surface area contributed by atoms with E-state index >= 15 is 0 Å². The first-order valence-electron chi connectivity index (χ1n) is 10.6. The van der Waals surface area contributed by atoms with Gasteiger partial charge in [-0.2, -0.15) is 0 Å². The van der Waals surface area contributed by atoms with E-state index in [0.29, 0.717) is 5.11 Å². The molecule has 1 saturated heterocycles. The van der Waals surface area contributed by atoms with Gasteiger partial charge in [-0.1, -0.05) is 12.1 Å². The molecule has 1 N–H and O–H groups in total. The highest BCUT2D eigenvalue weighted by atomic mass is 32.1. The van der Waals surface area contributed by atoms with Gasteiger partial charge in [-0.25, -0.2) is 8.78 Å². The topological polar surface area (TPSA) is 33.1 Å². The minimum atomic E-state index is -0.307. The third-order valence-corrected chi connectivity index (χ3v) is 6.37. The zero-order valence-electron chi connectivity index (χ0n) is 18.2. The lowest BCUT2D eigenvalue weighted by atomic mass is 9.96. The molecule has 2 atom stereocenters. The molecule has 4 aromatic rings. The quantitative estimate of drug-likeness (QED) is 0.382. The van der Waals surface area contributed by atoms with Crippen molar-refractivity contribution in [3.05, 3.63) is 113 Å². The lowest BCUT2D eigenvalue weighted by Crippen LogP contribution is -2.29. The fourth-order valence-electron chi connectivity index (χ4n) is 4.65. The lowest BCUT2D eigenvalue weighted by molar-refractivity contribution is 0.565. The van der Waals surface area contributed by atoms with Crippen molar-refractivity contribution in [3.63, 3.8) is 0 Å². The number of anilines is 1. The summed E-state index contributed by atoms with van der Waals surface area (Å²) in [6, 6.07) is 20.3. The Balaban J connectivity index is 1.68. The molecule has 0 amide bonds. The van der Waals surface area contributed by atoms with Gasteiger partial charge in [0.1, 0.15) is 11.6 Å². The molecule has 33 heavy (non-hydrogen) atoms. The summed E-state index contributed by atoms with van der Waals surface area (Å²) in [7, 11) is 0. The van der Waals surface area contributed by atoms with Crippen LogP contribution in [0.25, 0.3) is 5.69 Å². The van der Waals surface area contributed by atoms with E-state index in [1.165, 1.54) is 24.3 Å². The van der Waals surface area contributed by atoms with Gasteiger partial charge in [-0.15, -0.1) is 0 Å². The second kappa shape index (κ2) is 8.41. The van der Waals surface area contributed by atoms with Gasteiger partial charge in [0.05, 0.1) is 17.8 Å². The van der Waals surface area contributed by atoms with Crippen LogP contribution in [0.4, 0.5) is 14.5 Å². The number of hydrogen-bond acceptors (Lipinski definition) is 2. The molecule has 4 nitrogen and oxygen atoms in total. The zero-order chi connectivity index (χ0) is 23.1. The van der Waals surface area contributed by atoms with E-state index in [1.54, 1.807) is 24.4 Å². The molecule has 5 rings (SSSR count). The fraction of sp³-hybridized carbons (Fsp3) is 0.154. The number of pyridine rings is 1. The molecule has 0 bridgehead atoms. The molecule has 0 spiro atoms. The lowest BCUT2D eigenvalue weighted by Gasteiger charge is -2.28. The Labute approximate surface area is 196 Å². The molecule has 7 heteroatoms. The van der Waals surface area contributed by atoms with Crippen LogP contribution in [0.2, 0.25) is 0 Å². The minimum absolute atomic E-state index is 0.217. The molecule has 0 saturated carbocycles. The van der Waals surface area contributed by atoms with Crippen LogP contribution in [0.1, 0.15) is 34.7 Å². The van der Waals surface area contributed by atoms with Crippen molar-refractivity contribution in [2.75, 3.05) is 4.90 Å². The smallest absolute Gasteiger partial charge is 0.174 e. The van der Waals surface area contributed by atoms with E-state index in [1.807, 2.05) is 47.6 Å². The maximum atomic E-state index is 14.0. The minimum Gasteiger partial charge on any atom is -0.351 e. The third kappa shape index (κ3) is 3.78. The number of nitrogens with zero attached hydrogens (tertiary/aromatic N) is 3. The summed E-state index contributed by atoms with van der Waals surface area (Å²) >= 11 is 5.74. The van der Waals surface area contributed by atoms with Crippen LogP contribution in [0.5, 0.6) is 0 Å². The van der Waals surface area contributed by atoms with Crippen molar-refractivity contribution >= 4 is 23.0 Å². The Morgan fingerprint density at radius 3 is 2.36 bits per heavy atom. The Bertz CT molecular complexity index is 1320. The third-order valence-electron chi connectivity index (χ3n) is 6.06. The summed E-state index contributed by atoms with van der Waals surface area (Å²) in [4.78, 5) is 6.58. The second-order valence-electron chi connectivity index (χ2n) is 8.11. The number of halogens is 2. The van der Waals surface area contributed by atoms with E-state index < -0.39 is 0 Å². The molecule has 1 aliphatic heterocycles. The van der Waals surface area contributed by atoms with Crippen molar-refractivity contribution in [1.82, 2.24) is 14.9 Å². The van der Waals surface area contributed by atoms with Gasteiger partial charge in [0.15, 0.2) is 5.11 Å². The van der Waals surface area contributed by atoms with Gasteiger partial charge in [-0.3, -0.25) is 4.98 Å². The van der Waals surface area contributed by atoms with Gasteiger partial charge < -0.3 is 14.8 Å². The molecular weight excluding hydrogens is 438 g/mol. The molecule has 1 aliphatic rings. The molecule has 3 heterocycles. The highest BCUT2D eigenvalue weighted by Crippen LogP contribution is 2.43. The maximum absolute atomic E-state index is 14.0. The summed E-state index contributed by atoms with van der Waals surface area (Å²) in [5.74, 6) is -0.594. The number of rotatable bonds is 4. The predicted octanol–water partition coefficient (Wildman–Crippen LogP) is 5.94. The van der Waals surface area contributed by atoms with Gasteiger partial charge in [0.2, 0.25) is 0 Å². The van der Waals surface area contributed by atoms with Crippen molar-refractivity contribution < 1.29 is 8.78 Å². The Morgan fingerprint density at radius 2 is 1.67 bits per heavy atom. The van der Waals surface area contributed by atoms with Crippen molar-refractivity contribution in [1.29, 1.82) is 0 Å². The fourth-order valence-corrected chi connectivity index (χ4v) is 5.00. The van der Waals surface area contributed by atoms with Crippen molar-refractivity contribution in [2.24, 2.45) is 0 Å². The van der Waals surface area contributed by atoms with Crippen LogP contribution in [0.3, 0.4) is 0 Å². The number of hydrogen-bond donors (Lipinski definition) is 1. The van der Waals surface area contributed by atoms with Gasteiger partial charge in [0.25, 0.3) is 0 Å². The highest BCUT2D eigenvalue weighted by Gasteiger charge is 2.42.